The molecule has 0 aliphatic rings. The SMILES string of the molecule is CNc1ncc(C)c(NCCCCOC)n1. The quantitative estimate of drug-likeness (QED) is 0.690. The normalized spacial score (nSPS) is 10.2. The van der Waals surface area contributed by atoms with Crippen LogP contribution in [-0.2, 0) is 4.74 Å². The number of ether oxygens (including phenoxy) is 1. The predicted molar refractivity (Wildman–Crippen MR) is 65.9 cm³/mol. The van der Waals surface area contributed by atoms with Gasteiger partial charge < -0.3 is 15.4 Å². The third kappa shape index (κ3) is 4.02. The van der Waals surface area contributed by atoms with Crippen molar-refractivity contribution in [3.63, 3.8) is 0 Å². The molecule has 0 aromatic carbocycles. The van der Waals surface area contributed by atoms with Crippen molar-refractivity contribution in [1.29, 1.82) is 0 Å². The van der Waals surface area contributed by atoms with Crippen molar-refractivity contribution in [3.05, 3.63) is 11.8 Å². The number of aryl methyl sites for hydroxylation is 1. The fraction of sp³-hybridized carbons (Fsp3) is 0.636. The van der Waals surface area contributed by atoms with E-state index in [-0.39, 0.29) is 0 Å². The van der Waals surface area contributed by atoms with Crippen LogP contribution in [0.25, 0.3) is 0 Å². The second-order valence-corrected chi connectivity index (χ2v) is 3.60. The van der Waals surface area contributed by atoms with Crippen LogP contribution in [0.2, 0.25) is 0 Å². The Morgan fingerprint density at radius 3 is 2.88 bits per heavy atom. The molecule has 0 saturated heterocycles. The maximum absolute atomic E-state index is 4.99. The second kappa shape index (κ2) is 7.00. The first-order chi connectivity index (χ1) is 7.77. The zero-order valence-corrected chi connectivity index (χ0v) is 10.2. The van der Waals surface area contributed by atoms with Crippen molar-refractivity contribution in [2.24, 2.45) is 0 Å². The minimum Gasteiger partial charge on any atom is -0.385 e. The van der Waals surface area contributed by atoms with Gasteiger partial charge in [0.05, 0.1) is 0 Å². The van der Waals surface area contributed by atoms with Crippen molar-refractivity contribution in [3.8, 4) is 0 Å². The molecular weight excluding hydrogens is 204 g/mol. The standard InChI is InChI=1S/C11H20N4O/c1-9-8-14-11(12-2)15-10(9)13-6-4-5-7-16-3/h8H,4-7H2,1-3H3,(H2,12,13,14,15). The van der Waals surface area contributed by atoms with E-state index in [0.29, 0.717) is 5.95 Å². The van der Waals surface area contributed by atoms with Crippen molar-refractivity contribution >= 4 is 11.8 Å². The zero-order chi connectivity index (χ0) is 11.8. The molecule has 2 N–H and O–H groups in total. The second-order valence-electron chi connectivity index (χ2n) is 3.60. The third-order valence-electron chi connectivity index (χ3n) is 2.26. The molecule has 0 amide bonds. The summed E-state index contributed by atoms with van der Waals surface area (Å²) in [5.74, 6) is 1.54. The molecule has 5 heteroatoms. The van der Waals surface area contributed by atoms with Crippen LogP contribution in [0.1, 0.15) is 18.4 Å². The number of methoxy groups -OCH3 is 1. The molecule has 0 aliphatic heterocycles. The summed E-state index contributed by atoms with van der Waals surface area (Å²) in [6.45, 7) is 3.72. The summed E-state index contributed by atoms with van der Waals surface area (Å²) in [6.07, 6.45) is 3.95. The maximum atomic E-state index is 4.99. The van der Waals surface area contributed by atoms with Crippen molar-refractivity contribution in [1.82, 2.24) is 9.97 Å². The minimum absolute atomic E-state index is 0.644. The summed E-state index contributed by atoms with van der Waals surface area (Å²) in [5.41, 5.74) is 1.06. The van der Waals surface area contributed by atoms with Crippen LogP contribution in [0.5, 0.6) is 0 Å². The molecule has 0 bridgehead atoms. The average molecular weight is 224 g/mol. The van der Waals surface area contributed by atoms with Gasteiger partial charge in [0.15, 0.2) is 0 Å². The first-order valence-corrected chi connectivity index (χ1v) is 5.52. The Balaban J connectivity index is 2.40. The Bertz CT molecular complexity index is 317. The number of hydrogen-bond acceptors (Lipinski definition) is 5. The number of anilines is 2. The van der Waals surface area contributed by atoms with Crippen LogP contribution in [0.3, 0.4) is 0 Å². The maximum Gasteiger partial charge on any atom is 0.224 e. The molecule has 0 radical (unpaired) electrons. The number of rotatable bonds is 7. The summed E-state index contributed by atoms with van der Waals surface area (Å²) in [7, 11) is 3.54. The highest BCUT2D eigenvalue weighted by Gasteiger charge is 2.01. The molecule has 0 unspecified atom stereocenters. The smallest absolute Gasteiger partial charge is 0.224 e. The van der Waals surface area contributed by atoms with Crippen molar-refractivity contribution in [2.75, 3.05) is 37.9 Å². The number of unbranched alkanes of at least 4 members (excludes halogenated alkanes) is 1. The van der Waals surface area contributed by atoms with Crippen LogP contribution in [0, 0.1) is 6.92 Å². The van der Waals surface area contributed by atoms with E-state index < -0.39 is 0 Å². The molecule has 16 heavy (non-hydrogen) atoms. The van der Waals surface area contributed by atoms with E-state index >= 15 is 0 Å². The van der Waals surface area contributed by atoms with Crippen molar-refractivity contribution < 1.29 is 4.74 Å². The van der Waals surface area contributed by atoms with Crippen molar-refractivity contribution in [2.45, 2.75) is 19.8 Å². The van der Waals surface area contributed by atoms with E-state index in [1.54, 1.807) is 7.11 Å². The van der Waals surface area contributed by atoms with Gasteiger partial charge in [0.25, 0.3) is 0 Å². The van der Waals surface area contributed by atoms with Gasteiger partial charge in [-0.05, 0) is 19.8 Å². The number of aromatic nitrogens is 2. The fourth-order valence-corrected chi connectivity index (χ4v) is 1.32. The van der Waals surface area contributed by atoms with Crippen LogP contribution < -0.4 is 10.6 Å². The van der Waals surface area contributed by atoms with E-state index in [1.807, 2.05) is 20.2 Å². The molecular formula is C11H20N4O. The Morgan fingerprint density at radius 2 is 2.19 bits per heavy atom. The lowest BCUT2D eigenvalue weighted by atomic mass is 10.3. The molecule has 1 aromatic heterocycles. The van der Waals surface area contributed by atoms with Gasteiger partial charge in [0.1, 0.15) is 5.82 Å². The topological polar surface area (TPSA) is 59.1 Å². The van der Waals surface area contributed by atoms with Gasteiger partial charge in [-0.2, -0.15) is 4.98 Å². The Labute approximate surface area is 96.6 Å². The Kier molecular flexibility index (Phi) is 5.56. The van der Waals surface area contributed by atoms with Crippen LogP contribution in [-0.4, -0.2) is 37.3 Å². The molecule has 5 nitrogen and oxygen atoms in total. The van der Waals surface area contributed by atoms with Gasteiger partial charge in [-0.25, -0.2) is 4.98 Å². The molecule has 1 rings (SSSR count). The van der Waals surface area contributed by atoms with Gasteiger partial charge in [-0.3, -0.25) is 0 Å². The number of nitrogens with one attached hydrogen (secondary N) is 2. The van der Waals surface area contributed by atoms with Crippen LogP contribution in [0.4, 0.5) is 11.8 Å². The highest BCUT2D eigenvalue weighted by molar-refractivity contribution is 5.46. The van der Waals surface area contributed by atoms with E-state index in [9.17, 15) is 0 Å². The Hall–Kier alpha value is -1.36. The molecule has 0 saturated carbocycles. The minimum atomic E-state index is 0.644. The molecule has 0 aliphatic carbocycles. The first-order valence-electron chi connectivity index (χ1n) is 5.52. The summed E-state index contributed by atoms with van der Waals surface area (Å²) in [5, 5.41) is 6.22. The molecule has 0 spiro atoms. The van der Waals surface area contributed by atoms with E-state index in [2.05, 4.69) is 20.6 Å². The lowest BCUT2D eigenvalue weighted by Gasteiger charge is -2.09. The van der Waals surface area contributed by atoms with Gasteiger partial charge in [-0.15, -0.1) is 0 Å². The first kappa shape index (κ1) is 12.7. The number of nitrogens with zero attached hydrogens (tertiary/aromatic N) is 2. The summed E-state index contributed by atoms with van der Waals surface area (Å²) in [4.78, 5) is 8.48. The van der Waals surface area contributed by atoms with Crippen LogP contribution >= 0.6 is 0 Å². The monoisotopic (exact) mass is 224 g/mol. The molecule has 0 atom stereocenters. The highest BCUT2D eigenvalue weighted by Crippen LogP contribution is 2.11. The molecule has 90 valence electrons. The van der Waals surface area contributed by atoms with Gasteiger partial charge in [-0.1, -0.05) is 0 Å². The lowest BCUT2D eigenvalue weighted by molar-refractivity contribution is 0.194. The van der Waals surface area contributed by atoms with Gasteiger partial charge >= 0.3 is 0 Å². The van der Waals surface area contributed by atoms with E-state index in [1.165, 1.54) is 0 Å². The summed E-state index contributed by atoms with van der Waals surface area (Å²) >= 11 is 0. The van der Waals surface area contributed by atoms with Gasteiger partial charge in [0.2, 0.25) is 5.95 Å². The molecule has 1 aromatic rings. The fourth-order valence-electron chi connectivity index (χ4n) is 1.32. The zero-order valence-electron chi connectivity index (χ0n) is 10.2. The third-order valence-corrected chi connectivity index (χ3v) is 2.26. The summed E-state index contributed by atoms with van der Waals surface area (Å²) in [6, 6.07) is 0. The average Bonchev–Trinajstić information content (AvgIpc) is 2.31. The lowest BCUT2D eigenvalue weighted by Crippen LogP contribution is -2.08. The molecule has 0 fully saturated rings. The largest absolute Gasteiger partial charge is 0.385 e. The van der Waals surface area contributed by atoms with E-state index in [0.717, 1.165) is 37.4 Å². The van der Waals surface area contributed by atoms with E-state index in [4.69, 9.17) is 4.74 Å². The summed E-state index contributed by atoms with van der Waals surface area (Å²) < 4.78 is 4.99. The van der Waals surface area contributed by atoms with Crippen LogP contribution in [0.15, 0.2) is 6.20 Å². The molecule has 1 heterocycles. The number of hydrogen-bond donors (Lipinski definition) is 2. The highest BCUT2D eigenvalue weighted by atomic mass is 16.5. The Morgan fingerprint density at radius 1 is 1.38 bits per heavy atom. The van der Waals surface area contributed by atoms with Gasteiger partial charge in [0, 0.05) is 39.1 Å². The predicted octanol–water partition coefficient (Wildman–Crippen LogP) is 1.67.